The summed E-state index contributed by atoms with van der Waals surface area (Å²) in [6.45, 7) is 4.19. The molecule has 0 bridgehead atoms. The maximum Gasteiger partial charge on any atom is 0.250 e. The summed E-state index contributed by atoms with van der Waals surface area (Å²) in [4.78, 5) is 32.3. The van der Waals surface area contributed by atoms with Crippen LogP contribution in [0.5, 0.6) is 0 Å². The largest absolute Gasteiger partial charge is 0.465 e. The molecule has 144 valence electrons. The molecular formula is C19H21N7O2. The molecule has 0 spiro atoms. The van der Waals surface area contributed by atoms with E-state index in [9.17, 15) is 4.79 Å². The van der Waals surface area contributed by atoms with Gasteiger partial charge in [0.05, 0.1) is 12.6 Å². The highest BCUT2D eigenvalue weighted by atomic mass is 16.3. The summed E-state index contributed by atoms with van der Waals surface area (Å²) in [7, 11) is 0. The highest BCUT2D eigenvalue weighted by molar-refractivity contribution is 6.08. The number of aryl methyl sites for hydroxylation is 2. The first-order valence-corrected chi connectivity index (χ1v) is 8.72. The van der Waals surface area contributed by atoms with Gasteiger partial charge in [-0.15, -0.1) is 0 Å². The number of anilines is 1. The van der Waals surface area contributed by atoms with Crippen LogP contribution in [0, 0.1) is 13.8 Å². The number of carbonyl (C=O) groups is 1. The van der Waals surface area contributed by atoms with Gasteiger partial charge in [-0.05, 0) is 38.1 Å². The number of guanidine groups is 1. The number of rotatable bonds is 6. The number of nitrogens with one attached hydrogen (secondary N) is 3. The summed E-state index contributed by atoms with van der Waals surface area (Å²) in [5.41, 5.74) is 2.58. The molecule has 9 nitrogen and oxygen atoms in total. The fraction of sp³-hybridized carbons (Fsp3) is 0.211. The van der Waals surface area contributed by atoms with Gasteiger partial charge in [0.2, 0.25) is 11.9 Å². The van der Waals surface area contributed by atoms with Gasteiger partial charge in [0.1, 0.15) is 5.76 Å². The minimum absolute atomic E-state index is 0.263. The Labute approximate surface area is 162 Å². The van der Waals surface area contributed by atoms with E-state index in [4.69, 9.17) is 4.42 Å². The minimum atomic E-state index is -0.353. The number of nitrogens with zero attached hydrogens (tertiary/aromatic N) is 4. The summed E-state index contributed by atoms with van der Waals surface area (Å²) in [6.07, 6.45) is 8.48. The van der Waals surface area contributed by atoms with Gasteiger partial charge in [0.15, 0.2) is 0 Å². The number of aromatic nitrogens is 4. The minimum Gasteiger partial charge on any atom is -0.465 e. The van der Waals surface area contributed by atoms with E-state index in [1.165, 1.54) is 6.08 Å². The second-order valence-electron chi connectivity index (χ2n) is 5.99. The first kappa shape index (κ1) is 19.0. The highest BCUT2D eigenvalue weighted by Crippen LogP contribution is 2.04. The monoisotopic (exact) mass is 379 g/mol. The second kappa shape index (κ2) is 9.26. The molecule has 0 unspecified atom stereocenters. The molecule has 0 radical (unpaired) electrons. The molecule has 3 rings (SSSR count). The van der Waals surface area contributed by atoms with Gasteiger partial charge in [-0.2, -0.15) is 0 Å². The van der Waals surface area contributed by atoms with Crippen LogP contribution in [0.25, 0.3) is 6.08 Å². The second-order valence-corrected chi connectivity index (χ2v) is 5.99. The third kappa shape index (κ3) is 5.90. The third-order valence-corrected chi connectivity index (χ3v) is 3.60. The quantitative estimate of drug-likeness (QED) is 0.343. The van der Waals surface area contributed by atoms with Crippen molar-refractivity contribution < 1.29 is 9.21 Å². The molecule has 3 aromatic rings. The Hall–Kier alpha value is -3.75. The molecule has 0 saturated heterocycles. The van der Waals surface area contributed by atoms with Crippen molar-refractivity contribution in [1.29, 1.82) is 0 Å². The molecule has 3 heterocycles. The fourth-order valence-electron chi connectivity index (χ4n) is 2.41. The van der Waals surface area contributed by atoms with E-state index in [1.54, 1.807) is 37.0 Å². The summed E-state index contributed by atoms with van der Waals surface area (Å²) in [5, 5.41) is 5.69. The number of furan rings is 1. The average molecular weight is 379 g/mol. The number of hydrogen-bond acceptors (Lipinski definition) is 6. The van der Waals surface area contributed by atoms with Crippen LogP contribution in [0.4, 0.5) is 5.95 Å². The summed E-state index contributed by atoms with van der Waals surface area (Å²) in [5.74, 6) is 0.860. The van der Waals surface area contributed by atoms with Crippen molar-refractivity contribution in [2.24, 2.45) is 4.99 Å². The number of aromatic amines is 1. The van der Waals surface area contributed by atoms with Crippen LogP contribution in [0.15, 0.2) is 52.5 Å². The van der Waals surface area contributed by atoms with Gasteiger partial charge in [0, 0.05) is 42.3 Å². The molecule has 0 aromatic carbocycles. The standard InChI is InChI=1S/C19H21N7O2/c1-13-10-14(2)24-19(23-13)26-18(21-8-7-15-11-20-12-22-15)25-17(27)6-5-16-4-3-9-28-16/h3-6,9-12H,7-8H2,1-2H3,(H,20,22)(H2,21,23,24,25,26,27)/b6-5+. The maximum absolute atomic E-state index is 12.2. The Morgan fingerprint density at radius 2 is 2.14 bits per heavy atom. The lowest BCUT2D eigenvalue weighted by molar-refractivity contribution is -0.115. The van der Waals surface area contributed by atoms with Crippen molar-refractivity contribution in [3.63, 3.8) is 0 Å². The van der Waals surface area contributed by atoms with Gasteiger partial charge >= 0.3 is 0 Å². The van der Waals surface area contributed by atoms with Crippen LogP contribution in [-0.2, 0) is 11.2 Å². The first-order chi connectivity index (χ1) is 13.6. The Morgan fingerprint density at radius 3 is 2.82 bits per heavy atom. The Bertz CT molecular complexity index is 940. The number of carbonyl (C=O) groups excluding carboxylic acids is 1. The average Bonchev–Trinajstić information content (AvgIpc) is 3.33. The lowest BCUT2D eigenvalue weighted by atomic mass is 10.3. The zero-order valence-corrected chi connectivity index (χ0v) is 15.6. The van der Waals surface area contributed by atoms with E-state index in [0.717, 1.165) is 17.1 Å². The third-order valence-electron chi connectivity index (χ3n) is 3.60. The maximum atomic E-state index is 12.2. The zero-order valence-electron chi connectivity index (χ0n) is 15.6. The number of imidazole rings is 1. The van der Waals surface area contributed by atoms with Gasteiger partial charge in [-0.1, -0.05) is 0 Å². The SMILES string of the molecule is Cc1cc(C)nc(NC(=NCCc2cnc[nH]2)NC(=O)/C=C/c2ccco2)n1. The fourth-order valence-corrected chi connectivity index (χ4v) is 2.41. The number of hydrogen-bond donors (Lipinski definition) is 3. The predicted octanol–water partition coefficient (Wildman–Crippen LogP) is 2.25. The smallest absolute Gasteiger partial charge is 0.250 e. The van der Waals surface area contributed by atoms with E-state index in [1.807, 2.05) is 19.9 Å². The normalized spacial score (nSPS) is 11.7. The molecule has 0 aliphatic carbocycles. The highest BCUT2D eigenvalue weighted by Gasteiger charge is 2.07. The van der Waals surface area contributed by atoms with E-state index >= 15 is 0 Å². The van der Waals surface area contributed by atoms with Crippen molar-refractivity contribution in [1.82, 2.24) is 25.3 Å². The van der Waals surface area contributed by atoms with Crippen LogP contribution < -0.4 is 10.6 Å². The topological polar surface area (TPSA) is 121 Å². The molecule has 0 fully saturated rings. The molecule has 3 aromatic heterocycles. The van der Waals surface area contributed by atoms with Crippen LogP contribution in [0.2, 0.25) is 0 Å². The number of aliphatic imine (C=N–C) groups is 1. The molecule has 0 aliphatic heterocycles. The molecular weight excluding hydrogens is 358 g/mol. The van der Waals surface area contributed by atoms with Crippen LogP contribution in [-0.4, -0.2) is 38.3 Å². The number of H-pyrrole nitrogens is 1. The molecule has 0 atom stereocenters. The van der Waals surface area contributed by atoms with E-state index < -0.39 is 0 Å². The van der Waals surface area contributed by atoms with E-state index in [-0.39, 0.29) is 11.9 Å². The van der Waals surface area contributed by atoms with Crippen LogP contribution in [0.3, 0.4) is 0 Å². The molecule has 28 heavy (non-hydrogen) atoms. The van der Waals surface area contributed by atoms with Crippen molar-refractivity contribution in [2.45, 2.75) is 20.3 Å². The molecule has 9 heteroatoms. The summed E-state index contributed by atoms with van der Waals surface area (Å²) < 4.78 is 5.18. The van der Waals surface area contributed by atoms with Gasteiger partial charge < -0.3 is 9.40 Å². The van der Waals surface area contributed by atoms with Crippen molar-refractivity contribution in [3.8, 4) is 0 Å². The lowest BCUT2D eigenvalue weighted by Crippen LogP contribution is -2.35. The van der Waals surface area contributed by atoms with Crippen LogP contribution in [0.1, 0.15) is 22.8 Å². The predicted molar refractivity (Wildman–Crippen MR) is 106 cm³/mol. The molecule has 3 N–H and O–H groups in total. The zero-order chi connectivity index (χ0) is 19.8. The van der Waals surface area contributed by atoms with Crippen molar-refractivity contribution >= 4 is 23.9 Å². The Morgan fingerprint density at radius 1 is 1.32 bits per heavy atom. The Balaban J connectivity index is 1.69. The molecule has 0 aliphatic rings. The molecule has 0 saturated carbocycles. The summed E-state index contributed by atoms with van der Waals surface area (Å²) >= 11 is 0. The van der Waals surface area contributed by atoms with Gasteiger partial charge in [0.25, 0.3) is 5.91 Å². The van der Waals surface area contributed by atoms with Crippen LogP contribution >= 0.6 is 0 Å². The Kier molecular flexibility index (Phi) is 6.29. The molecule has 1 amide bonds. The summed E-state index contributed by atoms with van der Waals surface area (Å²) in [6, 6.07) is 5.37. The van der Waals surface area contributed by atoms with Gasteiger partial charge in [-0.3, -0.25) is 20.4 Å². The first-order valence-electron chi connectivity index (χ1n) is 8.72. The number of amides is 1. The lowest BCUT2D eigenvalue weighted by Gasteiger charge is -2.10. The van der Waals surface area contributed by atoms with Gasteiger partial charge in [-0.25, -0.2) is 15.0 Å². The van der Waals surface area contributed by atoms with E-state index in [2.05, 4.69) is 35.6 Å². The van der Waals surface area contributed by atoms with Crippen molar-refractivity contribution in [3.05, 3.63) is 65.9 Å². The van der Waals surface area contributed by atoms with Crippen molar-refractivity contribution in [2.75, 3.05) is 11.9 Å². The van der Waals surface area contributed by atoms with E-state index in [0.29, 0.717) is 24.7 Å².